The highest BCUT2D eigenvalue weighted by atomic mass is 16.5. The average Bonchev–Trinajstić information content (AvgIpc) is 2.63. The molecule has 126 valence electrons. The topological polar surface area (TPSA) is 96.4 Å². The van der Waals surface area contributed by atoms with E-state index in [-0.39, 0.29) is 5.56 Å². The second-order valence-corrected chi connectivity index (χ2v) is 5.12. The van der Waals surface area contributed by atoms with Crippen molar-refractivity contribution in [2.75, 3.05) is 17.7 Å². The predicted octanol–water partition coefficient (Wildman–Crippen LogP) is 3.67. The van der Waals surface area contributed by atoms with Gasteiger partial charge >= 0.3 is 5.97 Å². The lowest BCUT2D eigenvalue weighted by Crippen LogP contribution is -2.04. The zero-order valence-corrected chi connectivity index (χ0v) is 13.4. The van der Waals surface area contributed by atoms with Gasteiger partial charge in [-0.15, -0.1) is 0 Å². The van der Waals surface area contributed by atoms with Crippen LogP contribution in [0, 0.1) is 0 Å². The quantitative estimate of drug-likeness (QED) is 0.632. The minimum Gasteiger partial charge on any atom is -0.497 e. The van der Waals surface area contributed by atoms with Gasteiger partial charge in [-0.25, -0.2) is 14.8 Å². The fourth-order valence-electron chi connectivity index (χ4n) is 2.23. The summed E-state index contributed by atoms with van der Waals surface area (Å²) < 4.78 is 5.12. The van der Waals surface area contributed by atoms with Crippen molar-refractivity contribution < 1.29 is 14.6 Å². The number of nitrogens with one attached hydrogen (secondary N) is 2. The average molecular weight is 336 g/mol. The fourth-order valence-corrected chi connectivity index (χ4v) is 2.23. The van der Waals surface area contributed by atoms with Gasteiger partial charge < -0.3 is 20.5 Å². The molecule has 0 radical (unpaired) electrons. The SMILES string of the molecule is COc1ccc(Nc2cc(Nc3ccccc3C(=O)O)ncn2)cc1. The molecule has 7 nitrogen and oxygen atoms in total. The molecular formula is C18H16N4O3. The number of benzene rings is 2. The van der Waals surface area contributed by atoms with Crippen molar-refractivity contribution in [3.8, 4) is 5.75 Å². The van der Waals surface area contributed by atoms with Crippen LogP contribution >= 0.6 is 0 Å². The third kappa shape index (κ3) is 4.03. The lowest BCUT2D eigenvalue weighted by molar-refractivity contribution is 0.0698. The van der Waals surface area contributed by atoms with Crippen molar-refractivity contribution in [3.05, 3.63) is 66.5 Å². The minimum absolute atomic E-state index is 0.172. The van der Waals surface area contributed by atoms with E-state index in [1.54, 1.807) is 31.4 Å². The first kappa shape index (κ1) is 16.3. The van der Waals surface area contributed by atoms with Crippen molar-refractivity contribution in [1.29, 1.82) is 0 Å². The smallest absolute Gasteiger partial charge is 0.337 e. The molecule has 2 aromatic carbocycles. The van der Waals surface area contributed by atoms with E-state index in [0.717, 1.165) is 11.4 Å². The van der Waals surface area contributed by atoms with Gasteiger partial charge in [-0.1, -0.05) is 12.1 Å². The van der Waals surface area contributed by atoms with Gasteiger partial charge in [0.2, 0.25) is 0 Å². The molecule has 0 amide bonds. The summed E-state index contributed by atoms with van der Waals surface area (Å²) in [5.41, 5.74) is 1.48. The Balaban J connectivity index is 1.78. The molecule has 1 heterocycles. The Morgan fingerprint density at radius 3 is 2.36 bits per heavy atom. The molecule has 0 unspecified atom stereocenters. The lowest BCUT2D eigenvalue weighted by atomic mass is 10.2. The molecule has 0 bridgehead atoms. The summed E-state index contributed by atoms with van der Waals surface area (Å²) in [5, 5.41) is 15.4. The summed E-state index contributed by atoms with van der Waals surface area (Å²) in [4.78, 5) is 19.6. The molecule has 3 aromatic rings. The molecule has 0 atom stereocenters. The number of carboxylic acids is 1. The molecular weight excluding hydrogens is 320 g/mol. The summed E-state index contributed by atoms with van der Waals surface area (Å²) >= 11 is 0. The predicted molar refractivity (Wildman–Crippen MR) is 95.0 cm³/mol. The number of hydrogen-bond acceptors (Lipinski definition) is 6. The van der Waals surface area contributed by atoms with Crippen molar-refractivity contribution >= 4 is 29.0 Å². The fraction of sp³-hybridized carbons (Fsp3) is 0.0556. The van der Waals surface area contributed by atoms with Crippen LogP contribution in [0.5, 0.6) is 5.75 Å². The molecule has 0 aliphatic rings. The molecule has 0 aliphatic heterocycles. The maximum atomic E-state index is 11.3. The number of aromatic carboxylic acids is 1. The van der Waals surface area contributed by atoms with Crippen LogP contribution in [0.4, 0.5) is 23.0 Å². The van der Waals surface area contributed by atoms with Gasteiger partial charge in [-0.2, -0.15) is 0 Å². The lowest BCUT2D eigenvalue weighted by Gasteiger charge is -2.10. The van der Waals surface area contributed by atoms with Crippen LogP contribution < -0.4 is 15.4 Å². The van der Waals surface area contributed by atoms with Crippen LogP contribution in [0.1, 0.15) is 10.4 Å². The summed E-state index contributed by atoms with van der Waals surface area (Å²) in [6.45, 7) is 0. The molecule has 3 N–H and O–H groups in total. The van der Waals surface area contributed by atoms with E-state index in [2.05, 4.69) is 20.6 Å². The Morgan fingerprint density at radius 2 is 1.68 bits per heavy atom. The van der Waals surface area contributed by atoms with Crippen LogP contribution in [0.3, 0.4) is 0 Å². The summed E-state index contributed by atoms with van der Waals surface area (Å²) in [6.07, 6.45) is 1.40. The Hall–Kier alpha value is -3.61. The molecule has 3 rings (SSSR count). The molecule has 25 heavy (non-hydrogen) atoms. The van der Waals surface area contributed by atoms with Crippen LogP contribution in [0.15, 0.2) is 60.9 Å². The largest absolute Gasteiger partial charge is 0.497 e. The Labute approximate surface area is 144 Å². The van der Waals surface area contributed by atoms with Gasteiger partial charge in [0, 0.05) is 11.8 Å². The molecule has 0 aliphatic carbocycles. The molecule has 7 heteroatoms. The number of ether oxygens (including phenoxy) is 1. The highest BCUT2D eigenvalue weighted by Crippen LogP contribution is 2.23. The second-order valence-electron chi connectivity index (χ2n) is 5.12. The number of carboxylic acid groups (broad SMARTS) is 1. The number of nitrogens with zero attached hydrogens (tertiary/aromatic N) is 2. The molecule has 0 fully saturated rings. The maximum Gasteiger partial charge on any atom is 0.337 e. The van der Waals surface area contributed by atoms with Gasteiger partial charge in [0.25, 0.3) is 0 Å². The zero-order valence-electron chi connectivity index (χ0n) is 13.4. The van der Waals surface area contributed by atoms with Gasteiger partial charge in [-0.3, -0.25) is 0 Å². The van der Waals surface area contributed by atoms with Crippen LogP contribution in [-0.2, 0) is 0 Å². The molecule has 0 saturated heterocycles. The summed E-state index contributed by atoms with van der Waals surface area (Å²) in [5.74, 6) is 0.824. The highest BCUT2D eigenvalue weighted by molar-refractivity contribution is 5.95. The van der Waals surface area contributed by atoms with E-state index in [4.69, 9.17) is 4.74 Å². The number of carbonyl (C=O) groups is 1. The minimum atomic E-state index is -1.01. The third-order valence-electron chi connectivity index (χ3n) is 3.45. The third-order valence-corrected chi connectivity index (χ3v) is 3.45. The first-order chi connectivity index (χ1) is 12.2. The Bertz CT molecular complexity index is 881. The molecule has 0 saturated carbocycles. The Morgan fingerprint density at radius 1 is 1.00 bits per heavy atom. The maximum absolute atomic E-state index is 11.3. The monoisotopic (exact) mass is 336 g/mol. The number of hydrogen-bond donors (Lipinski definition) is 3. The van der Waals surface area contributed by atoms with E-state index in [0.29, 0.717) is 17.3 Å². The molecule has 1 aromatic heterocycles. The van der Waals surface area contributed by atoms with Gasteiger partial charge in [-0.05, 0) is 36.4 Å². The van der Waals surface area contributed by atoms with Gasteiger partial charge in [0.15, 0.2) is 0 Å². The number of rotatable bonds is 6. The van der Waals surface area contributed by atoms with E-state index >= 15 is 0 Å². The van der Waals surface area contributed by atoms with Crippen molar-refractivity contribution in [3.63, 3.8) is 0 Å². The van der Waals surface area contributed by atoms with E-state index < -0.39 is 5.97 Å². The van der Waals surface area contributed by atoms with E-state index in [1.165, 1.54) is 12.4 Å². The normalized spacial score (nSPS) is 10.1. The van der Waals surface area contributed by atoms with Crippen molar-refractivity contribution in [2.45, 2.75) is 0 Å². The van der Waals surface area contributed by atoms with Gasteiger partial charge in [0.1, 0.15) is 23.7 Å². The molecule has 0 spiro atoms. The summed E-state index contributed by atoms with van der Waals surface area (Å²) in [7, 11) is 1.61. The van der Waals surface area contributed by atoms with E-state index in [9.17, 15) is 9.90 Å². The first-order valence-electron chi connectivity index (χ1n) is 7.48. The van der Waals surface area contributed by atoms with E-state index in [1.807, 2.05) is 24.3 Å². The number of anilines is 4. The van der Waals surface area contributed by atoms with Crippen molar-refractivity contribution in [1.82, 2.24) is 9.97 Å². The number of methoxy groups -OCH3 is 1. The number of aromatic nitrogens is 2. The zero-order chi connectivity index (χ0) is 17.6. The van der Waals surface area contributed by atoms with Crippen LogP contribution in [-0.4, -0.2) is 28.2 Å². The van der Waals surface area contributed by atoms with Gasteiger partial charge in [0.05, 0.1) is 18.4 Å². The first-order valence-corrected chi connectivity index (χ1v) is 7.48. The highest BCUT2D eigenvalue weighted by Gasteiger charge is 2.10. The standard InChI is InChI=1S/C18H16N4O3/c1-25-13-8-6-12(7-9-13)21-16-10-17(20-11-19-16)22-15-5-3-2-4-14(15)18(23)24/h2-11H,1H3,(H,23,24)(H2,19,20,21,22). The van der Waals surface area contributed by atoms with Crippen LogP contribution in [0.25, 0.3) is 0 Å². The second kappa shape index (κ2) is 7.31. The number of para-hydroxylation sites is 1. The summed E-state index contributed by atoms with van der Waals surface area (Å²) in [6, 6.07) is 15.8. The van der Waals surface area contributed by atoms with Crippen molar-refractivity contribution in [2.24, 2.45) is 0 Å². The Kier molecular flexibility index (Phi) is 4.75. The van der Waals surface area contributed by atoms with Crippen LogP contribution in [0.2, 0.25) is 0 Å².